The van der Waals surface area contributed by atoms with Gasteiger partial charge >= 0.3 is 0 Å². The molecular formula is C10H11N. The zero-order chi connectivity index (χ0) is 8.27. The lowest BCUT2D eigenvalue weighted by atomic mass is 10.0. The quantitative estimate of drug-likeness (QED) is 0.552. The molecular weight excluding hydrogens is 134 g/mol. The molecule has 56 valence electrons. The number of hydrogen-bond acceptors (Lipinski definition) is 1. The van der Waals surface area contributed by atoms with Crippen molar-refractivity contribution in [3.8, 4) is 12.3 Å². The second-order valence-electron chi connectivity index (χ2n) is 2.81. The summed E-state index contributed by atoms with van der Waals surface area (Å²) < 4.78 is 0. The van der Waals surface area contributed by atoms with Gasteiger partial charge in [0.05, 0.1) is 0 Å². The molecule has 0 saturated carbocycles. The van der Waals surface area contributed by atoms with Crippen molar-refractivity contribution in [3.63, 3.8) is 0 Å². The summed E-state index contributed by atoms with van der Waals surface area (Å²) in [5.41, 5.74) is 2.05. The van der Waals surface area contributed by atoms with Gasteiger partial charge in [-0.05, 0) is 17.5 Å². The van der Waals surface area contributed by atoms with Crippen LogP contribution in [-0.4, -0.2) is 4.98 Å². The molecule has 0 aliphatic heterocycles. The van der Waals surface area contributed by atoms with Crippen molar-refractivity contribution in [3.05, 3.63) is 29.6 Å². The zero-order valence-corrected chi connectivity index (χ0v) is 6.83. The van der Waals surface area contributed by atoms with Crippen LogP contribution < -0.4 is 0 Å². The molecule has 0 bridgehead atoms. The second-order valence-corrected chi connectivity index (χ2v) is 2.81. The van der Waals surface area contributed by atoms with E-state index in [1.807, 2.05) is 12.3 Å². The molecule has 1 heteroatoms. The molecule has 11 heavy (non-hydrogen) atoms. The highest BCUT2D eigenvalue weighted by Crippen LogP contribution is 2.12. The Balaban J connectivity index is 3.03. The van der Waals surface area contributed by atoms with Crippen LogP contribution in [0.3, 0.4) is 0 Å². The molecule has 0 amide bonds. The number of hydrogen-bond donors (Lipinski definition) is 0. The first-order chi connectivity index (χ1) is 5.24. The number of aromatic nitrogens is 1. The monoisotopic (exact) mass is 145 g/mol. The smallest absolute Gasteiger partial charge is 0.0428 e. The van der Waals surface area contributed by atoms with E-state index in [0.717, 1.165) is 5.56 Å². The third-order valence-corrected chi connectivity index (χ3v) is 1.59. The third kappa shape index (κ3) is 1.81. The summed E-state index contributed by atoms with van der Waals surface area (Å²) in [5, 5.41) is 0. The minimum absolute atomic E-state index is 0.496. The van der Waals surface area contributed by atoms with Crippen LogP contribution in [0.4, 0.5) is 0 Å². The van der Waals surface area contributed by atoms with E-state index >= 15 is 0 Å². The van der Waals surface area contributed by atoms with Gasteiger partial charge in [-0.25, -0.2) is 0 Å². The van der Waals surface area contributed by atoms with Crippen molar-refractivity contribution in [1.82, 2.24) is 4.98 Å². The number of nitrogens with zero attached hydrogens (tertiary/aromatic N) is 1. The van der Waals surface area contributed by atoms with E-state index in [0.29, 0.717) is 5.92 Å². The van der Waals surface area contributed by atoms with E-state index in [4.69, 9.17) is 6.42 Å². The van der Waals surface area contributed by atoms with Gasteiger partial charge in [0, 0.05) is 18.0 Å². The van der Waals surface area contributed by atoms with E-state index in [-0.39, 0.29) is 0 Å². The standard InChI is InChI=1S/C10H11N/c1-4-9-5-10(8(2)3)7-11-6-9/h1,5-8H,2-3H3. The zero-order valence-electron chi connectivity index (χ0n) is 6.83. The summed E-state index contributed by atoms with van der Waals surface area (Å²) in [6, 6.07) is 2.00. The first kappa shape index (κ1) is 7.81. The van der Waals surface area contributed by atoms with Crippen LogP contribution in [0.15, 0.2) is 18.5 Å². The maximum Gasteiger partial charge on any atom is 0.0428 e. The van der Waals surface area contributed by atoms with E-state index in [1.165, 1.54) is 5.56 Å². The summed E-state index contributed by atoms with van der Waals surface area (Å²) in [7, 11) is 0. The molecule has 0 fully saturated rings. The van der Waals surface area contributed by atoms with Crippen LogP contribution in [0.1, 0.15) is 30.9 Å². The fourth-order valence-electron chi connectivity index (χ4n) is 0.852. The predicted octanol–water partition coefficient (Wildman–Crippen LogP) is 2.19. The van der Waals surface area contributed by atoms with E-state index in [1.54, 1.807) is 6.20 Å². The van der Waals surface area contributed by atoms with Gasteiger partial charge < -0.3 is 0 Å². The molecule has 0 radical (unpaired) electrons. The molecule has 1 aromatic heterocycles. The molecule has 1 heterocycles. The van der Waals surface area contributed by atoms with Gasteiger partial charge in [-0.15, -0.1) is 6.42 Å². The highest BCUT2D eigenvalue weighted by molar-refractivity contribution is 5.32. The number of pyridine rings is 1. The first-order valence-corrected chi connectivity index (χ1v) is 3.65. The molecule has 0 aliphatic carbocycles. The van der Waals surface area contributed by atoms with Crippen LogP contribution in [0.25, 0.3) is 0 Å². The van der Waals surface area contributed by atoms with Crippen molar-refractivity contribution >= 4 is 0 Å². The van der Waals surface area contributed by atoms with Crippen molar-refractivity contribution in [2.45, 2.75) is 19.8 Å². The molecule has 0 saturated heterocycles. The molecule has 1 rings (SSSR count). The Labute approximate surface area is 67.5 Å². The largest absolute Gasteiger partial charge is 0.263 e. The molecule has 1 nitrogen and oxygen atoms in total. The SMILES string of the molecule is C#Cc1cncc(C(C)C)c1. The number of terminal acetylenes is 1. The summed E-state index contributed by atoms with van der Waals surface area (Å²) in [5.74, 6) is 3.06. The van der Waals surface area contributed by atoms with Gasteiger partial charge in [-0.1, -0.05) is 19.8 Å². The van der Waals surface area contributed by atoms with Gasteiger partial charge in [0.2, 0.25) is 0 Å². The normalized spacial score (nSPS) is 9.64. The maximum absolute atomic E-state index is 5.23. The van der Waals surface area contributed by atoms with E-state index < -0.39 is 0 Å². The minimum Gasteiger partial charge on any atom is -0.263 e. The molecule has 0 unspecified atom stereocenters. The molecule has 0 aromatic carbocycles. The van der Waals surface area contributed by atoms with Crippen LogP contribution >= 0.6 is 0 Å². The minimum atomic E-state index is 0.496. The Morgan fingerprint density at radius 3 is 2.73 bits per heavy atom. The first-order valence-electron chi connectivity index (χ1n) is 3.65. The molecule has 1 aromatic rings. The Morgan fingerprint density at radius 1 is 1.45 bits per heavy atom. The summed E-state index contributed by atoms with van der Waals surface area (Å²) in [4.78, 5) is 4.03. The Kier molecular flexibility index (Phi) is 2.28. The summed E-state index contributed by atoms with van der Waals surface area (Å²) in [6.45, 7) is 4.24. The lowest BCUT2D eigenvalue weighted by Crippen LogP contribution is -1.89. The Hall–Kier alpha value is -1.29. The lowest BCUT2D eigenvalue weighted by Gasteiger charge is -2.03. The van der Waals surface area contributed by atoms with Gasteiger partial charge in [0.15, 0.2) is 0 Å². The predicted molar refractivity (Wildman–Crippen MR) is 46.3 cm³/mol. The third-order valence-electron chi connectivity index (χ3n) is 1.59. The number of rotatable bonds is 1. The average Bonchev–Trinajstić information content (AvgIpc) is 2.05. The fourth-order valence-corrected chi connectivity index (χ4v) is 0.852. The van der Waals surface area contributed by atoms with Gasteiger partial charge in [-0.2, -0.15) is 0 Å². The maximum atomic E-state index is 5.23. The highest BCUT2D eigenvalue weighted by Gasteiger charge is 1.98. The van der Waals surface area contributed by atoms with Crippen molar-refractivity contribution in [1.29, 1.82) is 0 Å². The van der Waals surface area contributed by atoms with Crippen molar-refractivity contribution in [2.75, 3.05) is 0 Å². The van der Waals surface area contributed by atoms with E-state index in [9.17, 15) is 0 Å². The Morgan fingerprint density at radius 2 is 2.18 bits per heavy atom. The molecule has 0 N–H and O–H groups in total. The fraction of sp³-hybridized carbons (Fsp3) is 0.300. The van der Waals surface area contributed by atoms with Crippen LogP contribution in [0, 0.1) is 12.3 Å². The second kappa shape index (κ2) is 3.21. The average molecular weight is 145 g/mol. The van der Waals surface area contributed by atoms with Gasteiger partial charge in [0.25, 0.3) is 0 Å². The van der Waals surface area contributed by atoms with Crippen LogP contribution in [0.5, 0.6) is 0 Å². The van der Waals surface area contributed by atoms with E-state index in [2.05, 4.69) is 24.8 Å². The van der Waals surface area contributed by atoms with Crippen molar-refractivity contribution < 1.29 is 0 Å². The molecule has 0 aliphatic rings. The van der Waals surface area contributed by atoms with Crippen molar-refractivity contribution in [2.24, 2.45) is 0 Å². The topological polar surface area (TPSA) is 12.9 Å². The van der Waals surface area contributed by atoms with Gasteiger partial charge in [0.1, 0.15) is 0 Å². The highest BCUT2D eigenvalue weighted by atomic mass is 14.6. The van der Waals surface area contributed by atoms with Crippen LogP contribution in [-0.2, 0) is 0 Å². The molecule has 0 spiro atoms. The van der Waals surface area contributed by atoms with Gasteiger partial charge in [-0.3, -0.25) is 4.98 Å². The summed E-state index contributed by atoms with van der Waals surface area (Å²) in [6.07, 6.45) is 8.78. The lowest BCUT2D eigenvalue weighted by molar-refractivity contribution is 0.857. The Bertz CT molecular complexity index is 281. The molecule has 0 atom stereocenters. The summed E-state index contributed by atoms with van der Waals surface area (Å²) >= 11 is 0. The van der Waals surface area contributed by atoms with Crippen LogP contribution in [0.2, 0.25) is 0 Å².